The van der Waals surface area contributed by atoms with E-state index >= 15 is 0 Å². The first-order valence-electron chi connectivity index (χ1n) is 53.0. The van der Waals surface area contributed by atoms with Gasteiger partial charge in [0.2, 0.25) is 0 Å². The first kappa shape index (κ1) is 112. The minimum absolute atomic E-state index is 0.260. The summed E-state index contributed by atoms with van der Waals surface area (Å²) in [4.78, 5) is 19.6. The summed E-state index contributed by atoms with van der Waals surface area (Å²) in [6.45, 7) is 20.9. The van der Waals surface area contributed by atoms with Crippen molar-refractivity contribution >= 4 is 43.6 Å². The number of benzene rings is 4. The van der Waals surface area contributed by atoms with Gasteiger partial charge in [-0.15, -0.1) is 0 Å². The van der Waals surface area contributed by atoms with Gasteiger partial charge in [-0.1, -0.05) is 259 Å². The van der Waals surface area contributed by atoms with Gasteiger partial charge < -0.3 is 105 Å². The molecule has 136 heavy (non-hydrogen) atoms. The summed E-state index contributed by atoms with van der Waals surface area (Å²) in [5.74, 6) is 4.87. The highest BCUT2D eigenvalue weighted by molar-refractivity contribution is 6.13. The van der Waals surface area contributed by atoms with E-state index in [4.69, 9.17) is 105 Å². The first-order valence-corrected chi connectivity index (χ1v) is 53.0. The molecule has 0 fully saturated rings. The first-order chi connectivity index (χ1) is 67.3. The molecule has 0 amide bonds. The quantitative estimate of drug-likeness (QED) is 0.0337. The molecule has 4 aromatic carbocycles. The maximum Gasteiger partial charge on any atom is 0.162 e. The monoisotopic (exact) mass is 1900 g/mol. The van der Waals surface area contributed by atoms with Crippen LogP contribution in [0.2, 0.25) is 0 Å². The van der Waals surface area contributed by atoms with Gasteiger partial charge in [0.1, 0.15) is 26.4 Å². The van der Waals surface area contributed by atoms with E-state index in [-0.39, 0.29) is 26.4 Å². The van der Waals surface area contributed by atoms with Crippen molar-refractivity contribution in [1.82, 2.24) is 19.9 Å². The Hall–Kier alpha value is -7.56. The van der Waals surface area contributed by atoms with Gasteiger partial charge >= 0.3 is 0 Å². The van der Waals surface area contributed by atoms with Crippen molar-refractivity contribution in [2.45, 2.75) is 285 Å². The van der Waals surface area contributed by atoms with Crippen LogP contribution in [-0.4, -0.2) is 233 Å². The number of ether oxygens (including phenoxy) is 20. The third-order valence-corrected chi connectivity index (χ3v) is 24.9. The van der Waals surface area contributed by atoms with Gasteiger partial charge in [0.25, 0.3) is 0 Å². The van der Waals surface area contributed by atoms with E-state index in [1.54, 1.807) is 28.4 Å². The standard InChI is InChI=1S/C112H174N4O20/c1-9-13-17-21-25-29-33-37-41-45-49-129-105-77-89-93(81-109(105)133-73-69-125-65-61-121-57-53-117-5)101-87-102-95-83-111(135-75-71-127-67-63-123-59-55-119-7)107(131-51-47-43-39-35-31-27-23-19-15-11-3)79-91(95)99(115-102)86-100-92-80-108(132-52-48-44-40-36-32-28-24-20-16-12-4)112(136-76-72-128-68-64-124-60-56-120-8)84-96(92)104(116-100)88-103-94-82-110(134-74-70-126-66-62-122-58-54-118-6)106(78-90(94)98(114-103)85-97(89)113-101)130-50-46-42-38-34-30-26-22-18-14-10-2/h77-88,113,115H,9-76H2,1-8H3. The number of hydrogen-bond donors (Lipinski definition) is 2. The fourth-order valence-electron chi connectivity index (χ4n) is 17.2. The Labute approximate surface area is 815 Å². The summed E-state index contributed by atoms with van der Waals surface area (Å²) in [5.41, 5.74) is 9.36. The smallest absolute Gasteiger partial charge is 0.162 e. The van der Waals surface area contributed by atoms with Gasteiger partial charge in [0.15, 0.2) is 46.0 Å². The van der Waals surface area contributed by atoms with E-state index in [1.807, 2.05) is 0 Å². The zero-order valence-electron chi connectivity index (χ0n) is 85.1. The summed E-state index contributed by atoms with van der Waals surface area (Å²) in [6, 6.07) is 25.6. The Morgan fingerprint density at radius 2 is 0.338 bits per heavy atom. The van der Waals surface area contributed by atoms with Crippen LogP contribution in [0.1, 0.15) is 285 Å². The molecule has 7 aromatic rings. The maximum absolute atomic E-state index is 7.00. The molecule has 0 atom stereocenters. The minimum Gasteiger partial charge on any atom is -0.490 e. The highest BCUT2D eigenvalue weighted by Gasteiger charge is 2.28. The summed E-state index contributed by atoms with van der Waals surface area (Å²) in [6.07, 6.45) is 48.2. The van der Waals surface area contributed by atoms with Crippen LogP contribution < -0.4 is 37.9 Å². The van der Waals surface area contributed by atoms with E-state index in [9.17, 15) is 0 Å². The molecule has 0 spiro atoms. The van der Waals surface area contributed by atoms with Crippen molar-refractivity contribution in [3.8, 4) is 91.0 Å². The van der Waals surface area contributed by atoms with Crippen LogP contribution >= 0.6 is 0 Å². The van der Waals surface area contributed by atoms with Crippen molar-refractivity contribution < 1.29 is 94.7 Å². The van der Waals surface area contributed by atoms with Crippen LogP contribution in [0.3, 0.4) is 0 Å². The van der Waals surface area contributed by atoms with Crippen molar-refractivity contribution in [2.75, 3.05) is 213 Å². The van der Waals surface area contributed by atoms with E-state index < -0.39 is 0 Å². The molecule has 9 rings (SSSR count). The second kappa shape index (κ2) is 71.8. The summed E-state index contributed by atoms with van der Waals surface area (Å²) < 4.78 is 124. The van der Waals surface area contributed by atoms with E-state index in [2.05, 4.69) is 110 Å². The Morgan fingerprint density at radius 1 is 0.169 bits per heavy atom. The van der Waals surface area contributed by atoms with E-state index in [0.717, 1.165) is 143 Å². The lowest BCUT2D eigenvalue weighted by Gasteiger charge is -2.16. The SMILES string of the molecule is CCCCCCCCCCCCOc1cc2c(cc1OCCOCCOCCOC)-c1cc3nc(cc4[nH]c(cc5[nH]c(cc-2n1)c1cc(OCCCCCCCCCCCC)c(OCCOCCOCCOC)cc51)c1cc(OCCOCCOCCOC)c(OCCCCCCCCCCCC)cc41)-c1cc(OCCCCCCCCCCCC)c(OCCOCCOCCOC)cc1-3. The Balaban J connectivity index is 1.26. The fraction of sp³-hybridized carbons (Fsp3) is 0.679. The average molecular weight is 1900 g/mol. The van der Waals surface area contributed by atoms with Crippen LogP contribution in [0.25, 0.3) is 88.6 Å². The molecule has 24 heteroatoms. The minimum atomic E-state index is 0.260. The predicted molar refractivity (Wildman–Crippen MR) is 550 cm³/mol. The topological polar surface area (TPSA) is 242 Å². The number of fused-ring (bicyclic) bond motifs is 20. The number of rotatable bonds is 88. The zero-order chi connectivity index (χ0) is 95.4. The van der Waals surface area contributed by atoms with E-state index in [1.165, 1.54) is 180 Å². The van der Waals surface area contributed by atoms with Crippen molar-refractivity contribution in [2.24, 2.45) is 0 Å². The number of nitrogens with one attached hydrogen (secondary N) is 2. The van der Waals surface area contributed by atoms with Crippen molar-refractivity contribution in [3.05, 3.63) is 72.8 Å². The maximum atomic E-state index is 7.00. The molecular formula is C112H174N4O20. The molecule has 0 radical (unpaired) electrons. The average Bonchev–Trinajstić information content (AvgIpc) is 1.59. The number of methoxy groups -OCH3 is 4. The summed E-state index contributed by atoms with van der Waals surface area (Å²) in [7, 11) is 6.69. The third kappa shape index (κ3) is 42.5. The summed E-state index contributed by atoms with van der Waals surface area (Å²) in [5, 5.41) is 3.59. The normalized spacial score (nSPS) is 11.8. The third-order valence-electron chi connectivity index (χ3n) is 24.9. The fourth-order valence-corrected chi connectivity index (χ4v) is 17.2. The van der Waals surface area contributed by atoms with E-state index in [0.29, 0.717) is 227 Å². The van der Waals surface area contributed by atoms with Crippen molar-refractivity contribution in [1.29, 1.82) is 0 Å². The number of nitrogens with zero attached hydrogens (tertiary/aromatic N) is 2. The highest BCUT2D eigenvalue weighted by atomic mass is 16.6. The molecular weight excluding hydrogens is 1720 g/mol. The van der Waals surface area contributed by atoms with Crippen LogP contribution in [0.4, 0.5) is 0 Å². The van der Waals surface area contributed by atoms with Gasteiger partial charge in [-0.05, 0) is 98.5 Å². The number of aromatic nitrogens is 4. The van der Waals surface area contributed by atoms with Gasteiger partial charge in [0, 0.05) is 94.3 Å². The molecule has 0 aliphatic carbocycles. The largest absolute Gasteiger partial charge is 0.490 e. The van der Waals surface area contributed by atoms with Crippen LogP contribution in [0.15, 0.2) is 72.8 Å². The number of hydrogen-bond acceptors (Lipinski definition) is 22. The lowest BCUT2D eigenvalue weighted by molar-refractivity contribution is 0.0177. The summed E-state index contributed by atoms with van der Waals surface area (Å²) >= 11 is 0. The Kier molecular flexibility index (Phi) is 59.2. The number of aromatic amines is 2. The molecule has 762 valence electrons. The lowest BCUT2D eigenvalue weighted by Crippen LogP contribution is -2.12. The van der Waals surface area contributed by atoms with Crippen LogP contribution in [0.5, 0.6) is 46.0 Å². The number of H-pyrrole nitrogens is 2. The molecule has 2 N–H and O–H groups in total. The number of unbranched alkanes of at least 4 members (excludes halogenated alkanes) is 36. The van der Waals surface area contributed by atoms with Gasteiger partial charge in [-0.2, -0.15) is 0 Å². The molecule has 24 nitrogen and oxygen atoms in total. The molecule has 0 saturated carbocycles. The zero-order valence-corrected chi connectivity index (χ0v) is 85.1. The molecule has 5 heterocycles. The molecule has 0 unspecified atom stereocenters. The Bertz CT molecular complexity index is 4200. The second-order valence-electron chi connectivity index (χ2n) is 36.0. The lowest BCUT2D eigenvalue weighted by atomic mass is 10.0. The van der Waals surface area contributed by atoms with Gasteiger partial charge in [-0.3, -0.25) is 0 Å². The Morgan fingerprint density at radius 3 is 0.551 bits per heavy atom. The molecule has 8 bridgehead atoms. The molecule has 3 aromatic heterocycles. The molecule has 2 aliphatic heterocycles. The van der Waals surface area contributed by atoms with Crippen LogP contribution in [-0.2, 0) is 56.8 Å². The molecule has 0 saturated heterocycles. The van der Waals surface area contributed by atoms with Crippen molar-refractivity contribution in [3.63, 3.8) is 0 Å². The highest BCUT2D eigenvalue weighted by Crippen LogP contribution is 2.49. The predicted octanol–water partition coefficient (Wildman–Crippen LogP) is 26.7. The van der Waals surface area contributed by atoms with Crippen LogP contribution in [0, 0.1) is 0 Å². The second-order valence-corrected chi connectivity index (χ2v) is 36.0. The van der Waals surface area contributed by atoms with Gasteiger partial charge in [0.05, 0.1) is 181 Å². The molecule has 2 aliphatic rings. The van der Waals surface area contributed by atoms with Gasteiger partial charge in [-0.25, -0.2) is 9.97 Å².